The molecule has 0 spiro atoms. The Morgan fingerprint density at radius 1 is 0.808 bits per heavy atom. The lowest BCUT2D eigenvalue weighted by Gasteiger charge is -2.30. The van der Waals surface area contributed by atoms with Gasteiger partial charge >= 0.3 is 0 Å². The summed E-state index contributed by atoms with van der Waals surface area (Å²) in [5, 5.41) is 0. The summed E-state index contributed by atoms with van der Waals surface area (Å²) in [6.45, 7) is 6.53. The van der Waals surface area contributed by atoms with E-state index in [0.29, 0.717) is 13.1 Å². The quantitative estimate of drug-likeness (QED) is 0.824. The summed E-state index contributed by atoms with van der Waals surface area (Å²) >= 11 is 0. The first-order valence-corrected chi connectivity index (χ1v) is 9.49. The highest BCUT2D eigenvalue weighted by Gasteiger charge is 2.58. The van der Waals surface area contributed by atoms with Crippen molar-refractivity contribution in [2.24, 2.45) is 17.8 Å². The molecule has 0 bridgehead atoms. The van der Waals surface area contributed by atoms with E-state index in [0.717, 1.165) is 26.2 Å². The molecule has 136 valence electrons. The van der Waals surface area contributed by atoms with Crippen LogP contribution in [0.2, 0.25) is 0 Å². The van der Waals surface area contributed by atoms with Crippen LogP contribution >= 0.6 is 0 Å². The van der Waals surface area contributed by atoms with Crippen molar-refractivity contribution in [2.45, 2.75) is 33.1 Å². The van der Waals surface area contributed by atoms with E-state index in [2.05, 4.69) is 33.7 Å². The second-order valence-corrected chi connectivity index (χ2v) is 7.82. The van der Waals surface area contributed by atoms with E-state index < -0.39 is 0 Å². The first-order valence-electron chi connectivity index (χ1n) is 9.49. The van der Waals surface area contributed by atoms with Crippen LogP contribution < -0.4 is 0 Å². The highest BCUT2D eigenvalue weighted by molar-refractivity contribution is 5.93. The molecule has 0 saturated heterocycles. The lowest BCUT2D eigenvalue weighted by molar-refractivity contribution is -0.139. The Labute approximate surface area is 153 Å². The molecule has 2 amide bonds. The van der Waals surface area contributed by atoms with Crippen LogP contribution in [-0.4, -0.2) is 43.8 Å². The van der Waals surface area contributed by atoms with Gasteiger partial charge in [0.1, 0.15) is 0 Å². The molecular formula is C20H24N4O2. The van der Waals surface area contributed by atoms with Gasteiger partial charge in [0, 0.05) is 50.0 Å². The van der Waals surface area contributed by atoms with Crippen molar-refractivity contribution in [3.63, 3.8) is 0 Å². The first kappa shape index (κ1) is 15.7. The molecule has 2 aromatic rings. The number of carbonyl (C=O) groups excluding carboxylic acids is 2. The van der Waals surface area contributed by atoms with Gasteiger partial charge in [0.2, 0.25) is 11.8 Å². The summed E-state index contributed by atoms with van der Waals surface area (Å²) in [7, 11) is 0. The molecule has 0 N–H and O–H groups in total. The van der Waals surface area contributed by atoms with E-state index in [1.54, 1.807) is 0 Å². The average molecular weight is 352 g/mol. The highest BCUT2D eigenvalue weighted by Crippen LogP contribution is 2.48. The number of amides is 2. The van der Waals surface area contributed by atoms with Gasteiger partial charge in [-0.05, 0) is 30.2 Å². The van der Waals surface area contributed by atoms with Gasteiger partial charge in [-0.25, -0.2) is 0 Å². The third kappa shape index (κ3) is 2.39. The van der Waals surface area contributed by atoms with Crippen molar-refractivity contribution in [1.82, 2.24) is 18.9 Å². The third-order valence-corrected chi connectivity index (χ3v) is 6.35. The van der Waals surface area contributed by atoms with Crippen LogP contribution in [0.1, 0.15) is 18.3 Å². The Bertz CT molecular complexity index is 797. The maximum atomic E-state index is 13.0. The van der Waals surface area contributed by atoms with Crippen molar-refractivity contribution >= 4 is 11.8 Å². The molecule has 0 aromatic carbocycles. The summed E-state index contributed by atoms with van der Waals surface area (Å²) in [6.07, 6.45) is 4.13. The molecule has 1 fully saturated rings. The lowest BCUT2D eigenvalue weighted by atomic mass is 10.2. The second-order valence-electron chi connectivity index (χ2n) is 7.82. The number of hydrogen-bond acceptors (Lipinski definition) is 2. The van der Waals surface area contributed by atoms with Crippen LogP contribution in [0, 0.1) is 17.8 Å². The van der Waals surface area contributed by atoms with E-state index in [9.17, 15) is 9.59 Å². The Morgan fingerprint density at radius 2 is 1.27 bits per heavy atom. The van der Waals surface area contributed by atoms with Crippen molar-refractivity contribution < 1.29 is 9.59 Å². The fourth-order valence-electron chi connectivity index (χ4n) is 4.65. The maximum absolute atomic E-state index is 13.0. The second kappa shape index (κ2) is 5.76. The molecule has 3 aliphatic rings. The molecule has 6 nitrogen and oxygen atoms in total. The van der Waals surface area contributed by atoms with Gasteiger partial charge in [-0.2, -0.15) is 0 Å². The average Bonchev–Trinajstić information content (AvgIpc) is 3.04. The molecule has 1 saturated carbocycles. The van der Waals surface area contributed by atoms with Crippen LogP contribution in [0.3, 0.4) is 0 Å². The number of fused-ring (bicyclic) bond motifs is 2. The van der Waals surface area contributed by atoms with E-state index in [-0.39, 0.29) is 29.6 Å². The van der Waals surface area contributed by atoms with Crippen LogP contribution in [0.4, 0.5) is 0 Å². The van der Waals surface area contributed by atoms with Crippen molar-refractivity contribution in [1.29, 1.82) is 0 Å². The summed E-state index contributed by atoms with van der Waals surface area (Å²) in [5.41, 5.74) is 2.36. The fourth-order valence-corrected chi connectivity index (χ4v) is 4.65. The van der Waals surface area contributed by atoms with E-state index in [4.69, 9.17) is 0 Å². The molecule has 0 radical (unpaired) electrons. The van der Waals surface area contributed by atoms with Crippen LogP contribution in [0.5, 0.6) is 0 Å². The van der Waals surface area contributed by atoms with Gasteiger partial charge in [0.05, 0.1) is 24.9 Å². The zero-order chi connectivity index (χ0) is 17.8. The Morgan fingerprint density at radius 3 is 1.73 bits per heavy atom. The van der Waals surface area contributed by atoms with Crippen LogP contribution in [0.25, 0.3) is 0 Å². The zero-order valence-corrected chi connectivity index (χ0v) is 15.0. The molecule has 6 heteroatoms. The Hall–Kier alpha value is -2.50. The zero-order valence-electron chi connectivity index (χ0n) is 15.0. The minimum atomic E-state index is -0.141. The SMILES string of the molecule is CC1C(C(=O)N2CCn3cccc3C2)C1C(=O)N1CCn2cccc2C1. The topological polar surface area (TPSA) is 50.5 Å². The highest BCUT2D eigenvalue weighted by atomic mass is 16.2. The number of nitrogens with zero attached hydrogens (tertiary/aromatic N) is 4. The van der Waals surface area contributed by atoms with Gasteiger partial charge in [0.15, 0.2) is 0 Å². The van der Waals surface area contributed by atoms with Gasteiger partial charge in [-0.1, -0.05) is 6.92 Å². The van der Waals surface area contributed by atoms with E-state index >= 15 is 0 Å². The molecule has 2 aromatic heterocycles. The fraction of sp³-hybridized carbons (Fsp3) is 0.500. The number of hydrogen-bond donors (Lipinski definition) is 0. The lowest BCUT2D eigenvalue weighted by Crippen LogP contribution is -2.41. The summed E-state index contributed by atoms with van der Waals surface area (Å²) in [4.78, 5) is 29.9. The van der Waals surface area contributed by atoms with Crippen molar-refractivity contribution in [3.8, 4) is 0 Å². The summed E-state index contributed by atoms with van der Waals surface area (Å²) in [6, 6.07) is 8.20. The first-order chi connectivity index (χ1) is 12.6. The van der Waals surface area contributed by atoms with Crippen molar-refractivity contribution in [2.75, 3.05) is 13.1 Å². The number of aromatic nitrogens is 2. The third-order valence-electron chi connectivity index (χ3n) is 6.35. The van der Waals surface area contributed by atoms with Gasteiger partial charge in [-0.3, -0.25) is 9.59 Å². The molecular weight excluding hydrogens is 328 g/mol. The normalized spacial score (nSPS) is 27.0. The van der Waals surface area contributed by atoms with E-state index in [1.807, 2.05) is 28.9 Å². The van der Waals surface area contributed by atoms with Gasteiger partial charge in [-0.15, -0.1) is 0 Å². The molecule has 2 unspecified atom stereocenters. The summed E-state index contributed by atoms with van der Waals surface area (Å²) < 4.78 is 4.40. The maximum Gasteiger partial charge on any atom is 0.227 e. The van der Waals surface area contributed by atoms with Crippen LogP contribution in [-0.2, 0) is 35.8 Å². The largest absolute Gasteiger partial charge is 0.348 e. The predicted molar refractivity (Wildman–Crippen MR) is 95.8 cm³/mol. The van der Waals surface area contributed by atoms with Crippen LogP contribution in [0.15, 0.2) is 36.7 Å². The molecule has 4 heterocycles. The molecule has 5 rings (SSSR count). The van der Waals surface area contributed by atoms with Gasteiger partial charge < -0.3 is 18.9 Å². The number of rotatable bonds is 2. The Kier molecular flexibility index (Phi) is 3.48. The Balaban J connectivity index is 1.26. The smallest absolute Gasteiger partial charge is 0.227 e. The minimum absolute atomic E-state index is 0.141. The standard InChI is InChI=1S/C20H24N4O2/c1-14-17(19(25)23-10-8-21-6-2-4-15(21)12-23)18(14)20(26)24-11-9-22-7-3-5-16(22)13-24/h2-7,14,17-18H,8-13H2,1H3. The predicted octanol–water partition coefficient (Wildman–Crippen LogP) is 1.56. The number of carbonyl (C=O) groups is 2. The van der Waals surface area contributed by atoms with Gasteiger partial charge in [0.25, 0.3) is 0 Å². The monoisotopic (exact) mass is 352 g/mol. The molecule has 1 aliphatic carbocycles. The molecule has 26 heavy (non-hydrogen) atoms. The van der Waals surface area contributed by atoms with Crippen molar-refractivity contribution in [3.05, 3.63) is 48.0 Å². The van der Waals surface area contributed by atoms with E-state index in [1.165, 1.54) is 11.4 Å². The molecule has 2 aliphatic heterocycles. The molecule has 2 atom stereocenters. The summed E-state index contributed by atoms with van der Waals surface area (Å²) in [5.74, 6) is 0.181. The minimum Gasteiger partial charge on any atom is -0.348 e.